The largest absolute Gasteiger partial charge is 0.437 e. The SMILES string of the molecule is [2H]c1nc2ncn(C)c2c(=O)n1Cc1nn(C2CC(c3ccc(Cl)cc3)C2)c(=O)o1. The lowest BCUT2D eigenvalue weighted by atomic mass is 9.76. The van der Waals surface area contributed by atoms with E-state index in [0.29, 0.717) is 10.9 Å². The van der Waals surface area contributed by atoms with Crippen molar-refractivity contribution in [3.8, 4) is 0 Å². The van der Waals surface area contributed by atoms with Crippen LogP contribution in [-0.2, 0) is 13.6 Å². The fourth-order valence-electron chi connectivity index (χ4n) is 3.69. The summed E-state index contributed by atoms with van der Waals surface area (Å²) in [6, 6.07) is 7.62. The summed E-state index contributed by atoms with van der Waals surface area (Å²) in [4.78, 5) is 33.1. The summed E-state index contributed by atoms with van der Waals surface area (Å²) in [5.41, 5.74) is 1.22. The number of aryl methyl sites for hydroxylation is 1. The van der Waals surface area contributed by atoms with Crippen LogP contribution in [0.3, 0.4) is 0 Å². The molecule has 1 fully saturated rings. The van der Waals surface area contributed by atoms with Gasteiger partial charge in [-0.15, -0.1) is 5.10 Å². The Kier molecular flexibility index (Phi) is 3.86. The van der Waals surface area contributed by atoms with Crippen molar-refractivity contribution >= 4 is 22.8 Å². The first-order chi connectivity index (χ1) is 14.4. The van der Waals surface area contributed by atoms with E-state index in [9.17, 15) is 9.59 Å². The third kappa shape index (κ3) is 3.07. The topological polar surface area (TPSA) is 101 Å². The minimum absolute atomic E-state index is 0.0638. The number of hydrogen-bond donors (Lipinski definition) is 0. The Morgan fingerprint density at radius 3 is 2.76 bits per heavy atom. The van der Waals surface area contributed by atoms with Gasteiger partial charge in [-0.2, -0.15) is 4.68 Å². The average Bonchev–Trinajstić information content (AvgIpc) is 3.22. The molecule has 0 N–H and O–H groups in total. The van der Waals surface area contributed by atoms with Gasteiger partial charge in [0, 0.05) is 12.1 Å². The molecule has 3 aromatic heterocycles. The molecule has 4 aromatic rings. The highest BCUT2D eigenvalue weighted by Gasteiger charge is 2.34. The van der Waals surface area contributed by atoms with Crippen LogP contribution in [-0.4, -0.2) is 28.9 Å². The fourth-order valence-corrected chi connectivity index (χ4v) is 3.81. The zero-order valence-electron chi connectivity index (χ0n) is 16.4. The summed E-state index contributed by atoms with van der Waals surface area (Å²) in [5.74, 6) is -0.175. The second-order valence-electron chi connectivity index (χ2n) is 7.21. The van der Waals surface area contributed by atoms with E-state index in [0.717, 1.165) is 17.4 Å². The quantitative estimate of drug-likeness (QED) is 0.508. The van der Waals surface area contributed by atoms with Gasteiger partial charge in [-0.05, 0) is 36.5 Å². The smallest absolute Gasteiger partial charge is 0.390 e. The highest BCUT2D eigenvalue weighted by molar-refractivity contribution is 6.30. The lowest BCUT2D eigenvalue weighted by molar-refractivity contribution is 0.233. The summed E-state index contributed by atoms with van der Waals surface area (Å²) in [6.07, 6.45) is 2.72. The van der Waals surface area contributed by atoms with Gasteiger partial charge in [0.15, 0.2) is 11.2 Å². The van der Waals surface area contributed by atoms with Crippen molar-refractivity contribution in [3.05, 3.63) is 74.3 Å². The van der Waals surface area contributed by atoms with Crippen LogP contribution in [0, 0.1) is 0 Å². The first-order valence-corrected chi connectivity index (χ1v) is 9.51. The number of nitrogens with zero attached hydrogens (tertiary/aromatic N) is 6. The van der Waals surface area contributed by atoms with E-state index >= 15 is 0 Å². The summed E-state index contributed by atoms with van der Waals surface area (Å²) in [5, 5.41) is 4.95. The average molecular weight is 414 g/mol. The Morgan fingerprint density at radius 1 is 1.24 bits per heavy atom. The minimum Gasteiger partial charge on any atom is -0.390 e. The van der Waals surface area contributed by atoms with Gasteiger partial charge >= 0.3 is 5.76 Å². The first-order valence-electron chi connectivity index (χ1n) is 9.63. The normalized spacial score (nSPS) is 19.3. The molecule has 0 unspecified atom stereocenters. The Balaban J connectivity index is 1.38. The second-order valence-corrected chi connectivity index (χ2v) is 7.65. The van der Waals surface area contributed by atoms with Crippen LogP contribution in [0.25, 0.3) is 11.2 Å². The van der Waals surface area contributed by atoms with E-state index in [4.69, 9.17) is 17.4 Å². The molecule has 0 spiro atoms. The summed E-state index contributed by atoms with van der Waals surface area (Å²) >= 11 is 5.93. The molecule has 10 heteroatoms. The Labute approximate surface area is 170 Å². The van der Waals surface area contributed by atoms with Gasteiger partial charge in [-0.25, -0.2) is 14.8 Å². The molecule has 0 aliphatic heterocycles. The molecule has 0 atom stereocenters. The maximum absolute atomic E-state index is 12.7. The zero-order chi connectivity index (χ0) is 21.0. The monoisotopic (exact) mass is 413 g/mol. The van der Waals surface area contributed by atoms with Crippen molar-refractivity contribution in [2.75, 3.05) is 0 Å². The van der Waals surface area contributed by atoms with E-state index in [2.05, 4.69) is 15.1 Å². The van der Waals surface area contributed by atoms with Crippen LogP contribution in [0.5, 0.6) is 0 Å². The molecule has 1 aliphatic carbocycles. The van der Waals surface area contributed by atoms with Crippen LogP contribution in [0.1, 0.15) is 37.6 Å². The zero-order valence-corrected chi connectivity index (χ0v) is 16.2. The van der Waals surface area contributed by atoms with Crippen molar-refractivity contribution in [2.45, 2.75) is 31.3 Å². The predicted octanol–water partition coefficient (Wildman–Crippen LogP) is 2.10. The highest BCUT2D eigenvalue weighted by Crippen LogP contribution is 2.43. The van der Waals surface area contributed by atoms with Crippen molar-refractivity contribution in [3.63, 3.8) is 0 Å². The number of halogens is 1. The molecular weight excluding hydrogens is 396 g/mol. The standard InChI is InChI=1S/C19H17ClN6O3/c1-24-9-21-17-16(24)18(27)25(10-22-17)8-15-23-26(19(28)29-15)14-6-12(7-14)11-2-4-13(20)5-3-11/h2-5,9-10,12,14H,6-8H2,1H3/i10D. The molecule has 1 aromatic carbocycles. The summed E-state index contributed by atoms with van der Waals surface area (Å²) < 4.78 is 17.2. The first kappa shape index (κ1) is 16.7. The lowest BCUT2D eigenvalue weighted by Gasteiger charge is -2.34. The van der Waals surface area contributed by atoms with Gasteiger partial charge in [0.2, 0.25) is 5.89 Å². The van der Waals surface area contributed by atoms with Gasteiger partial charge < -0.3 is 8.98 Å². The van der Waals surface area contributed by atoms with E-state index in [-0.39, 0.29) is 35.9 Å². The summed E-state index contributed by atoms with van der Waals surface area (Å²) in [7, 11) is 1.68. The van der Waals surface area contributed by atoms with E-state index in [1.807, 2.05) is 24.3 Å². The van der Waals surface area contributed by atoms with Crippen LogP contribution in [0.2, 0.25) is 5.02 Å². The van der Waals surface area contributed by atoms with Crippen molar-refractivity contribution in [2.24, 2.45) is 7.05 Å². The maximum atomic E-state index is 12.7. The van der Waals surface area contributed by atoms with E-state index < -0.39 is 11.3 Å². The van der Waals surface area contributed by atoms with Gasteiger partial charge in [0.25, 0.3) is 5.56 Å². The predicted molar refractivity (Wildman–Crippen MR) is 105 cm³/mol. The molecule has 1 aliphatic rings. The van der Waals surface area contributed by atoms with Crippen molar-refractivity contribution in [1.82, 2.24) is 28.9 Å². The Morgan fingerprint density at radius 2 is 2.00 bits per heavy atom. The third-order valence-electron chi connectivity index (χ3n) is 5.35. The molecular formula is C19H17ClN6O3. The lowest BCUT2D eigenvalue weighted by Crippen LogP contribution is -2.31. The number of fused-ring (bicyclic) bond motifs is 1. The highest BCUT2D eigenvalue weighted by atomic mass is 35.5. The van der Waals surface area contributed by atoms with Crippen LogP contribution >= 0.6 is 11.6 Å². The Hall–Kier alpha value is -3.20. The molecule has 1 saturated carbocycles. The molecule has 3 heterocycles. The molecule has 0 radical (unpaired) electrons. The molecule has 0 amide bonds. The van der Waals surface area contributed by atoms with Crippen molar-refractivity contribution < 1.29 is 5.79 Å². The van der Waals surface area contributed by atoms with Crippen LogP contribution in [0.15, 0.2) is 50.9 Å². The van der Waals surface area contributed by atoms with Crippen LogP contribution in [0.4, 0.5) is 0 Å². The van der Waals surface area contributed by atoms with Gasteiger partial charge in [-0.1, -0.05) is 23.7 Å². The maximum Gasteiger partial charge on any atom is 0.437 e. The van der Waals surface area contributed by atoms with Gasteiger partial charge in [0.1, 0.15) is 14.2 Å². The molecule has 5 rings (SSSR count). The molecule has 9 nitrogen and oxygen atoms in total. The number of imidazole rings is 1. The van der Waals surface area contributed by atoms with Gasteiger partial charge in [-0.3, -0.25) is 9.36 Å². The number of aromatic nitrogens is 6. The molecule has 148 valence electrons. The summed E-state index contributed by atoms with van der Waals surface area (Å²) in [6.45, 7) is -0.151. The molecule has 29 heavy (non-hydrogen) atoms. The number of rotatable bonds is 4. The fraction of sp³-hybridized carbons (Fsp3) is 0.316. The van der Waals surface area contributed by atoms with E-state index in [1.54, 1.807) is 11.6 Å². The minimum atomic E-state index is -0.571. The Bertz CT molecular complexity index is 1360. The van der Waals surface area contributed by atoms with E-state index in [1.165, 1.54) is 16.6 Å². The number of hydrogen-bond acceptors (Lipinski definition) is 6. The molecule has 0 saturated heterocycles. The number of benzene rings is 1. The second kappa shape index (κ2) is 6.70. The molecule has 0 bridgehead atoms. The van der Waals surface area contributed by atoms with Crippen molar-refractivity contribution in [1.29, 1.82) is 0 Å². The van der Waals surface area contributed by atoms with Crippen LogP contribution < -0.4 is 11.3 Å². The third-order valence-corrected chi connectivity index (χ3v) is 5.60. The van der Waals surface area contributed by atoms with Gasteiger partial charge in [0.05, 0.1) is 12.4 Å².